The van der Waals surface area contributed by atoms with Gasteiger partial charge >= 0.3 is 0 Å². The van der Waals surface area contributed by atoms with E-state index in [-0.39, 0.29) is 0 Å². The maximum Gasteiger partial charge on any atom is 0.137 e. The Balaban J connectivity index is 2.83. The van der Waals surface area contributed by atoms with E-state index in [1.54, 1.807) is 0 Å². The predicted octanol–water partition coefficient (Wildman–Crippen LogP) is 1.93. The summed E-state index contributed by atoms with van der Waals surface area (Å²) in [4.78, 5) is 4.24. The third-order valence-corrected chi connectivity index (χ3v) is 2.01. The summed E-state index contributed by atoms with van der Waals surface area (Å²) >= 11 is 0. The highest BCUT2D eigenvalue weighted by Gasteiger charge is 2.00. The summed E-state index contributed by atoms with van der Waals surface area (Å²) in [5.41, 5.74) is 3.42. The fourth-order valence-electron chi connectivity index (χ4n) is 1.50. The number of hydrogen-bond donors (Lipinski definition) is 0. The lowest BCUT2D eigenvalue weighted by Crippen LogP contribution is -1.79. The van der Waals surface area contributed by atoms with Crippen molar-refractivity contribution in [2.45, 2.75) is 0 Å². The molecule has 0 radical (unpaired) electrons. The number of nitrogens with zero attached hydrogens (tertiary/aromatic N) is 2. The Hall–Kier alpha value is -1.57. The normalized spacial score (nSPS) is 11.6. The van der Waals surface area contributed by atoms with Gasteiger partial charge in [0.25, 0.3) is 0 Å². The van der Waals surface area contributed by atoms with Crippen molar-refractivity contribution in [3.63, 3.8) is 0 Å². The lowest BCUT2D eigenvalue weighted by Gasteiger charge is -1.91. The van der Waals surface area contributed by atoms with Crippen LogP contribution in [0.2, 0.25) is 0 Å². The van der Waals surface area contributed by atoms with Gasteiger partial charge in [-0.15, -0.1) is 0 Å². The van der Waals surface area contributed by atoms with Crippen LogP contribution in [-0.4, -0.2) is 9.38 Å². The molecule has 0 atom stereocenters. The molecular formula is C9H6N2. The van der Waals surface area contributed by atoms with Crippen molar-refractivity contribution < 1.29 is 0 Å². The topological polar surface area (TPSA) is 17.3 Å². The van der Waals surface area contributed by atoms with Crippen molar-refractivity contribution in [2.24, 2.45) is 0 Å². The van der Waals surface area contributed by atoms with Crippen LogP contribution in [0.3, 0.4) is 0 Å². The van der Waals surface area contributed by atoms with Gasteiger partial charge in [-0.05, 0) is 24.3 Å². The number of imidazole rings is 1. The van der Waals surface area contributed by atoms with E-state index in [1.165, 1.54) is 11.0 Å². The van der Waals surface area contributed by atoms with Crippen LogP contribution in [0.4, 0.5) is 0 Å². The Morgan fingerprint density at radius 3 is 2.91 bits per heavy atom. The molecule has 52 valence electrons. The molecule has 0 aromatic carbocycles. The van der Waals surface area contributed by atoms with E-state index in [0.29, 0.717) is 0 Å². The van der Waals surface area contributed by atoms with Gasteiger partial charge < -0.3 is 0 Å². The molecule has 0 bridgehead atoms. The summed E-state index contributed by atoms with van der Waals surface area (Å²) in [6.07, 6.45) is 1.89. The SMILES string of the molecule is c1cc2ccc3cnc(c1)n23. The smallest absolute Gasteiger partial charge is 0.137 e. The van der Waals surface area contributed by atoms with Crippen molar-refractivity contribution in [3.8, 4) is 0 Å². The first-order chi connectivity index (χ1) is 5.45. The molecule has 0 spiro atoms. The monoisotopic (exact) mass is 142 g/mol. The second kappa shape index (κ2) is 1.53. The summed E-state index contributed by atoms with van der Waals surface area (Å²) in [6, 6.07) is 10.3. The molecule has 0 aliphatic heterocycles. The van der Waals surface area contributed by atoms with Gasteiger partial charge in [0.2, 0.25) is 0 Å². The molecule has 0 aliphatic rings. The standard InChI is InChI=1S/C9H6N2/c1-2-7-4-5-8-6-10-9(3-1)11(7)8/h1-6H. The second-order valence-electron chi connectivity index (χ2n) is 2.66. The molecule has 0 saturated heterocycles. The van der Waals surface area contributed by atoms with Gasteiger partial charge in [0.15, 0.2) is 0 Å². The number of aromatic nitrogens is 2. The van der Waals surface area contributed by atoms with E-state index in [1.807, 2.05) is 18.3 Å². The zero-order valence-electron chi connectivity index (χ0n) is 5.86. The molecule has 3 rings (SSSR count). The van der Waals surface area contributed by atoms with Gasteiger partial charge in [-0.1, -0.05) is 6.07 Å². The van der Waals surface area contributed by atoms with Gasteiger partial charge in [0.1, 0.15) is 5.65 Å². The highest BCUT2D eigenvalue weighted by atomic mass is 15.0. The maximum atomic E-state index is 4.24. The maximum absolute atomic E-state index is 4.24. The average molecular weight is 142 g/mol. The largest absolute Gasteiger partial charge is 0.293 e. The molecule has 0 saturated carbocycles. The molecule has 2 heteroatoms. The molecule has 2 nitrogen and oxygen atoms in total. The van der Waals surface area contributed by atoms with Crippen LogP contribution in [0.25, 0.3) is 16.7 Å². The Bertz CT molecular complexity index is 444. The fourth-order valence-corrected chi connectivity index (χ4v) is 1.50. The minimum atomic E-state index is 1.03. The second-order valence-corrected chi connectivity index (χ2v) is 2.66. The first kappa shape index (κ1) is 5.13. The van der Waals surface area contributed by atoms with Crippen molar-refractivity contribution in [1.29, 1.82) is 0 Å². The van der Waals surface area contributed by atoms with Crippen LogP contribution >= 0.6 is 0 Å². The molecule has 3 heterocycles. The summed E-state index contributed by atoms with van der Waals surface area (Å²) in [7, 11) is 0. The van der Waals surface area contributed by atoms with Crippen molar-refractivity contribution in [2.75, 3.05) is 0 Å². The molecule has 3 aromatic heterocycles. The van der Waals surface area contributed by atoms with Crippen LogP contribution in [0, 0.1) is 0 Å². The Kier molecular flexibility index (Phi) is 0.714. The third-order valence-electron chi connectivity index (χ3n) is 2.01. The van der Waals surface area contributed by atoms with Crippen molar-refractivity contribution in [3.05, 3.63) is 36.5 Å². The highest BCUT2D eigenvalue weighted by molar-refractivity contribution is 5.70. The van der Waals surface area contributed by atoms with Gasteiger partial charge in [0, 0.05) is 5.52 Å². The van der Waals surface area contributed by atoms with Crippen molar-refractivity contribution >= 4 is 16.7 Å². The van der Waals surface area contributed by atoms with Crippen LogP contribution in [0.15, 0.2) is 36.5 Å². The Morgan fingerprint density at radius 2 is 1.91 bits per heavy atom. The molecule has 0 N–H and O–H groups in total. The van der Waals surface area contributed by atoms with E-state index in [4.69, 9.17) is 0 Å². The van der Waals surface area contributed by atoms with E-state index >= 15 is 0 Å². The molecule has 0 unspecified atom stereocenters. The number of hydrogen-bond acceptors (Lipinski definition) is 1. The zero-order valence-corrected chi connectivity index (χ0v) is 5.86. The van der Waals surface area contributed by atoms with E-state index in [2.05, 4.69) is 27.6 Å². The van der Waals surface area contributed by atoms with Crippen LogP contribution < -0.4 is 0 Å². The minimum Gasteiger partial charge on any atom is -0.293 e. The molecule has 11 heavy (non-hydrogen) atoms. The molecule has 0 aliphatic carbocycles. The van der Waals surface area contributed by atoms with E-state index in [0.717, 1.165) is 5.65 Å². The van der Waals surface area contributed by atoms with Crippen LogP contribution in [0.5, 0.6) is 0 Å². The first-order valence-electron chi connectivity index (χ1n) is 3.60. The summed E-state index contributed by atoms with van der Waals surface area (Å²) in [5, 5.41) is 0. The van der Waals surface area contributed by atoms with E-state index < -0.39 is 0 Å². The average Bonchev–Trinajstić information content (AvgIpc) is 2.60. The highest BCUT2D eigenvalue weighted by Crippen LogP contribution is 2.15. The first-order valence-corrected chi connectivity index (χ1v) is 3.60. The summed E-state index contributed by atoms with van der Waals surface area (Å²) in [5.74, 6) is 0. The Morgan fingerprint density at radius 1 is 1.00 bits per heavy atom. The van der Waals surface area contributed by atoms with Crippen LogP contribution in [-0.2, 0) is 0 Å². The zero-order chi connectivity index (χ0) is 7.26. The van der Waals surface area contributed by atoms with Crippen LogP contribution in [0.1, 0.15) is 0 Å². The predicted molar refractivity (Wildman–Crippen MR) is 43.9 cm³/mol. The van der Waals surface area contributed by atoms with Gasteiger partial charge in [-0.3, -0.25) is 4.40 Å². The third kappa shape index (κ3) is 0.499. The number of pyridine rings is 1. The fraction of sp³-hybridized carbons (Fsp3) is 0. The Labute approximate surface area is 63.4 Å². The van der Waals surface area contributed by atoms with Crippen molar-refractivity contribution in [1.82, 2.24) is 9.38 Å². The molecule has 0 fully saturated rings. The quantitative estimate of drug-likeness (QED) is 0.468. The lowest BCUT2D eigenvalue weighted by atomic mass is 10.4. The molecule has 0 amide bonds. The van der Waals surface area contributed by atoms with Gasteiger partial charge in [-0.25, -0.2) is 4.98 Å². The number of rotatable bonds is 0. The van der Waals surface area contributed by atoms with E-state index in [9.17, 15) is 0 Å². The summed E-state index contributed by atoms with van der Waals surface area (Å²) < 4.78 is 2.14. The molecule has 3 aromatic rings. The molecular weight excluding hydrogens is 136 g/mol. The van der Waals surface area contributed by atoms with Gasteiger partial charge in [0.05, 0.1) is 11.7 Å². The van der Waals surface area contributed by atoms with Gasteiger partial charge in [-0.2, -0.15) is 0 Å². The lowest BCUT2D eigenvalue weighted by molar-refractivity contribution is 1.30. The minimum absolute atomic E-state index is 1.03. The summed E-state index contributed by atoms with van der Waals surface area (Å²) in [6.45, 7) is 0.